The third-order valence-corrected chi connectivity index (χ3v) is 13.7. The number of aromatic amines is 1. The number of hydrogen-bond donors (Lipinski definition) is 3. The summed E-state index contributed by atoms with van der Waals surface area (Å²) in [6, 6.07) is 24.3. The zero-order valence-corrected chi connectivity index (χ0v) is 36.0. The Hall–Kier alpha value is -5.41. The van der Waals surface area contributed by atoms with E-state index in [9.17, 15) is 23.3 Å². The van der Waals surface area contributed by atoms with Gasteiger partial charge in [0.15, 0.2) is 0 Å². The molecule has 13 nitrogen and oxygen atoms in total. The van der Waals surface area contributed by atoms with Crippen LogP contribution >= 0.6 is 11.6 Å². The van der Waals surface area contributed by atoms with Gasteiger partial charge in [-0.05, 0) is 109 Å². The van der Waals surface area contributed by atoms with Crippen LogP contribution in [0.15, 0.2) is 102 Å². The number of halogens is 1. The number of fused-ring (bicyclic) bond motifs is 1. The number of anilines is 2. The number of amides is 1. The van der Waals surface area contributed by atoms with Crippen LogP contribution in [-0.2, 0) is 14.8 Å². The molecule has 320 valence electrons. The van der Waals surface area contributed by atoms with Crippen LogP contribution in [0.3, 0.4) is 0 Å². The van der Waals surface area contributed by atoms with Crippen molar-refractivity contribution in [2.24, 2.45) is 11.3 Å². The van der Waals surface area contributed by atoms with Gasteiger partial charge in [-0.2, -0.15) is 0 Å². The van der Waals surface area contributed by atoms with Gasteiger partial charge in [-0.3, -0.25) is 19.8 Å². The fourth-order valence-electron chi connectivity index (χ4n) is 8.73. The number of nitro benzene ring substituents is 1. The second-order valence-corrected chi connectivity index (χ2v) is 19.1. The minimum absolute atomic E-state index is 0.114. The van der Waals surface area contributed by atoms with Crippen LogP contribution in [0.2, 0.25) is 5.02 Å². The average molecular weight is 867 g/mol. The number of nitrogens with one attached hydrogen (secondary N) is 3. The van der Waals surface area contributed by atoms with E-state index in [1.807, 2.05) is 23.1 Å². The average Bonchev–Trinajstić information content (AvgIpc) is 3.72. The summed E-state index contributed by atoms with van der Waals surface area (Å²) in [5.74, 6) is -1.00. The largest absolute Gasteiger partial charge is 0.449 e. The second kappa shape index (κ2) is 17.9. The number of nitro groups is 1. The molecule has 0 saturated carbocycles. The van der Waals surface area contributed by atoms with E-state index in [1.165, 1.54) is 34.9 Å². The number of carbonyl (C=O) groups excluding carboxylic acids is 1. The van der Waals surface area contributed by atoms with E-state index in [0.717, 1.165) is 49.6 Å². The van der Waals surface area contributed by atoms with Crippen molar-refractivity contribution in [3.05, 3.63) is 123 Å². The molecule has 1 amide bonds. The summed E-state index contributed by atoms with van der Waals surface area (Å²) in [6.45, 7) is 9.17. The number of allylic oxidation sites excluding steroid dienone is 1. The van der Waals surface area contributed by atoms with Crippen molar-refractivity contribution in [2.75, 3.05) is 62.7 Å². The highest BCUT2D eigenvalue weighted by Gasteiger charge is 2.38. The summed E-state index contributed by atoms with van der Waals surface area (Å²) in [4.78, 5) is 33.3. The molecule has 0 atom stereocenters. The Morgan fingerprint density at radius 2 is 1.74 bits per heavy atom. The van der Waals surface area contributed by atoms with Gasteiger partial charge < -0.3 is 24.7 Å². The monoisotopic (exact) mass is 866 g/mol. The maximum atomic E-state index is 14.5. The van der Waals surface area contributed by atoms with E-state index in [-0.39, 0.29) is 28.3 Å². The summed E-state index contributed by atoms with van der Waals surface area (Å²) < 4.78 is 43.1. The lowest BCUT2D eigenvalue weighted by Crippen LogP contribution is -2.47. The highest BCUT2D eigenvalue weighted by Crippen LogP contribution is 2.49. The number of nitrogens with zero attached hydrogens (tertiary/aromatic N) is 3. The van der Waals surface area contributed by atoms with Crippen molar-refractivity contribution in [3.8, 4) is 11.5 Å². The Bertz CT molecular complexity index is 2550. The zero-order valence-electron chi connectivity index (χ0n) is 34.4. The Kier molecular flexibility index (Phi) is 12.4. The summed E-state index contributed by atoms with van der Waals surface area (Å²) in [7, 11) is -4.77. The van der Waals surface area contributed by atoms with Crippen LogP contribution < -0.4 is 19.7 Å². The molecule has 61 heavy (non-hydrogen) atoms. The van der Waals surface area contributed by atoms with E-state index < -0.39 is 37.2 Å². The molecule has 5 aromatic rings. The predicted octanol–water partition coefficient (Wildman–Crippen LogP) is 9.26. The molecule has 3 N–H and O–H groups in total. The number of H-pyrrole nitrogens is 1. The van der Waals surface area contributed by atoms with Gasteiger partial charge in [0.05, 0.1) is 10.6 Å². The van der Waals surface area contributed by atoms with Crippen LogP contribution in [0.25, 0.3) is 16.5 Å². The van der Waals surface area contributed by atoms with E-state index in [4.69, 9.17) is 21.1 Å². The fraction of sp³-hybridized carbons (Fsp3) is 0.370. The molecular formula is C46H51ClN6O7S. The molecule has 15 heteroatoms. The highest BCUT2D eigenvalue weighted by atomic mass is 35.5. The number of rotatable bonds is 13. The van der Waals surface area contributed by atoms with Crippen LogP contribution in [0.1, 0.15) is 61.9 Å². The Morgan fingerprint density at radius 3 is 2.46 bits per heavy atom. The van der Waals surface area contributed by atoms with Crippen molar-refractivity contribution < 1.29 is 27.6 Å². The van der Waals surface area contributed by atoms with Crippen molar-refractivity contribution in [1.29, 1.82) is 0 Å². The number of benzene rings is 4. The number of hydrogen-bond acceptors (Lipinski definition) is 10. The molecular weight excluding hydrogens is 816 g/mol. The van der Waals surface area contributed by atoms with Crippen LogP contribution in [0, 0.1) is 21.4 Å². The second-order valence-electron chi connectivity index (χ2n) is 17.0. The molecule has 1 aliphatic carbocycles. The van der Waals surface area contributed by atoms with Crippen molar-refractivity contribution in [2.45, 2.75) is 50.8 Å². The smallest absolute Gasteiger partial charge is 0.338 e. The first-order valence-electron chi connectivity index (χ1n) is 20.8. The molecule has 3 heterocycles. The van der Waals surface area contributed by atoms with Gasteiger partial charge in [0.25, 0.3) is 15.9 Å². The fourth-order valence-corrected chi connectivity index (χ4v) is 9.97. The lowest BCUT2D eigenvalue weighted by molar-refractivity contribution is -0.384. The molecule has 0 unspecified atom stereocenters. The predicted molar refractivity (Wildman–Crippen MR) is 239 cm³/mol. The van der Waals surface area contributed by atoms with E-state index in [1.54, 1.807) is 42.6 Å². The molecule has 0 radical (unpaired) electrons. The van der Waals surface area contributed by atoms with Crippen molar-refractivity contribution in [3.63, 3.8) is 0 Å². The third kappa shape index (κ3) is 9.73. The van der Waals surface area contributed by atoms with Crippen LogP contribution in [0.4, 0.5) is 17.1 Å². The number of carbonyl (C=O) groups is 1. The maximum Gasteiger partial charge on any atom is 0.338 e. The SMILES string of the molecule is CC1(C)CCC(c2ccc(Cl)cc2)=C(CN2CCN(c3cc(S(=O)(=O)NC(=O)c4ccccc4)c(Oc4ccc5[nH]ccc5c4)c([N+](=O)[O-])c3NCC3CCOCC3)CC2)C1. The van der Waals surface area contributed by atoms with E-state index >= 15 is 0 Å². The summed E-state index contributed by atoms with van der Waals surface area (Å²) in [5.41, 5.74) is 4.99. The first-order chi connectivity index (χ1) is 29.3. The van der Waals surface area contributed by atoms with Gasteiger partial charge in [-0.1, -0.05) is 61.4 Å². The molecule has 0 spiro atoms. The minimum Gasteiger partial charge on any atom is -0.449 e. The van der Waals surface area contributed by atoms with Gasteiger partial charge in [0.2, 0.25) is 5.75 Å². The molecule has 2 aliphatic heterocycles. The lowest BCUT2D eigenvalue weighted by Gasteiger charge is -2.40. The molecule has 3 aliphatic rings. The lowest BCUT2D eigenvalue weighted by atomic mass is 9.73. The molecule has 4 aromatic carbocycles. The third-order valence-electron chi connectivity index (χ3n) is 12.1. The number of aromatic nitrogens is 1. The summed E-state index contributed by atoms with van der Waals surface area (Å²) in [6.07, 6.45) is 6.33. The van der Waals surface area contributed by atoms with Crippen molar-refractivity contribution in [1.82, 2.24) is 14.6 Å². The molecule has 2 fully saturated rings. The topological polar surface area (TPSA) is 159 Å². The number of ether oxygens (including phenoxy) is 2. The molecule has 2 saturated heterocycles. The first-order valence-corrected chi connectivity index (χ1v) is 22.7. The van der Waals surface area contributed by atoms with Crippen LogP contribution in [0.5, 0.6) is 11.5 Å². The van der Waals surface area contributed by atoms with Gasteiger partial charge in [-0.15, -0.1) is 0 Å². The Labute approximate surface area is 361 Å². The normalized spacial score (nSPS) is 17.7. The first kappa shape index (κ1) is 42.3. The van der Waals surface area contributed by atoms with E-state index in [0.29, 0.717) is 56.6 Å². The summed E-state index contributed by atoms with van der Waals surface area (Å²) in [5, 5.41) is 18.3. The van der Waals surface area contributed by atoms with Gasteiger partial charge in [0.1, 0.15) is 16.3 Å². The van der Waals surface area contributed by atoms with E-state index in [2.05, 4.69) is 45.9 Å². The Balaban J connectivity index is 1.18. The maximum absolute atomic E-state index is 14.5. The highest BCUT2D eigenvalue weighted by molar-refractivity contribution is 7.90. The minimum atomic E-state index is -4.77. The standard InChI is InChI=1S/C46H51ClN6O7S/c1-46(2)18-14-38(32-8-10-36(47)11-9-32)35(28-46)30-51-20-22-52(23-21-51)40-27-41(61(57,58)50-45(54)33-6-4-3-5-7-33)44(60-37-12-13-39-34(26-37)15-19-48-39)43(53(55)56)42(40)49-29-31-16-24-59-25-17-31/h3-13,15,19,26-27,31,48-49H,14,16-18,20-25,28-30H2,1-2H3,(H,50,54). The van der Waals surface area contributed by atoms with Gasteiger partial charge in [-0.25, -0.2) is 13.1 Å². The van der Waals surface area contributed by atoms with Crippen molar-refractivity contribution >= 4 is 61.1 Å². The molecule has 8 rings (SSSR count). The summed E-state index contributed by atoms with van der Waals surface area (Å²) >= 11 is 6.26. The zero-order chi connectivity index (χ0) is 42.7. The number of sulfonamides is 1. The van der Waals surface area contributed by atoms with Gasteiger partial charge in [0, 0.05) is 80.2 Å². The Morgan fingerprint density at radius 1 is 1.00 bits per heavy atom. The molecule has 1 aromatic heterocycles. The molecule has 0 bridgehead atoms. The quantitative estimate of drug-likeness (QED) is 0.0769. The van der Waals surface area contributed by atoms with Gasteiger partial charge >= 0.3 is 5.69 Å². The van der Waals surface area contributed by atoms with Crippen LogP contribution in [-0.4, -0.2) is 81.6 Å². The number of piperazine rings is 1.